The van der Waals surface area contributed by atoms with Crippen molar-refractivity contribution in [3.8, 4) is 11.5 Å². The first-order valence-electron chi connectivity index (χ1n) is 10.3. The van der Waals surface area contributed by atoms with Gasteiger partial charge in [0, 0.05) is 23.8 Å². The molecule has 1 saturated heterocycles. The number of hydrogen-bond acceptors (Lipinski definition) is 4. The van der Waals surface area contributed by atoms with Crippen molar-refractivity contribution < 1.29 is 14.3 Å². The summed E-state index contributed by atoms with van der Waals surface area (Å²) >= 11 is 0. The summed E-state index contributed by atoms with van der Waals surface area (Å²) in [5.74, 6) is 1.73. The monoisotopic (exact) mass is 396 g/mol. The maximum atomic E-state index is 13.4. The Bertz CT molecular complexity index is 833. The largest absolute Gasteiger partial charge is 0.497 e. The zero-order valence-electron chi connectivity index (χ0n) is 18.1. The van der Waals surface area contributed by atoms with E-state index in [1.165, 1.54) is 5.56 Å². The van der Waals surface area contributed by atoms with Gasteiger partial charge >= 0.3 is 0 Å². The van der Waals surface area contributed by atoms with Crippen LogP contribution >= 0.6 is 0 Å². The first-order chi connectivity index (χ1) is 13.9. The fourth-order valence-electron chi connectivity index (χ4n) is 4.03. The molecule has 1 aliphatic heterocycles. The predicted molar refractivity (Wildman–Crippen MR) is 117 cm³/mol. The van der Waals surface area contributed by atoms with Crippen molar-refractivity contribution in [2.45, 2.75) is 45.7 Å². The molecule has 5 nitrogen and oxygen atoms in total. The van der Waals surface area contributed by atoms with E-state index in [1.54, 1.807) is 14.2 Å². The zero-order valence-corrected chi connectivity index (χ0v) is 18.1. The highest BCUT2D eigenvalue weighted by Gasteiger charge is 2.33. The Morgan fingerprint density at radius 3 is 2.48 bits per heavy atom. The summed E-state index contributed by atoms with van der Waals surface area (Å²) in [5.41, 5.74) is 3.31. The fraction of sp³-hybridized carbons (Fsp3) is 0.458. The van der Waals surface area contributed by atoms with Crippen LogP contribution in [0.5, 0.6) is 11.5 Å². The third kappa shape index (κ3) is 4.66. The van der Waals surface area contributed by atoms with Gasteiger partial charge in [0.2, 0.25) is 5.91 Å². The number of ether oxygens (including phenoxy) is 2. The second-order valence-electron chi connectivity index (χ2n) is 7.91. The van der Waals surface area contributed by atoms with Crippen molar-refractivity contribution in [1.82, 2.24) is 4.90 Å². The van der Waals surface area contributed by atoms with Crippen molar-refractivity contribution in [2.24, 2.45) is 0 Å². The minimum Gasteiger partial charge on any atom is -0.497 e. The van der Waals surface area contributed by atoms with Gasteiger partial charge in [-0.25, -0.2) is 0 Å². The predicted octanol–water partition coefficient (Wildman–Crippen LogP) is 4.59. The van der Waals surface area contributed by atoms with Crippen molar-refractivity contribution >= 4 is 11.6 Å². The molecule has 1 atom stereocenters. The lowest BCUT2D eigenvalue weighted by Gasteiger charge is -2.33. The minimum atomic E-state index is 0.0135. The quantitative estimate of drug-likeness (QED) is 0.686. The first-order valence-corrected chi connectivity index (χ1v) is 10.3. The van der Waals surface area contributed by atoms with Gasteiger partial charge in [-0.1, -0.05) is 17.7 Å². The third-order valence-corrected chi connectivity index (χ3v) is 5.66. The number of likely N-dealkylation sites (tertiary alicyclic amines) is 1. The van der Waals surface area contributed by atoms with Gasteiger partial charge in [0.1, 0.15) is 11.5 Å². The molecule has 0 aliphatic carbocycles. The summed E-state index contributed by atoms with van der Waals surface area (Å²) < 4.78 is 11.0. The number of aryl methyl sites for hydroxylation is 1. The molecule has 2 aromatic carbocycles. The lowest BCUT2D eigenvalue weighted by molar-refractivity contribution is -0.130. The van der Waals surface area contributed by atoms with E-state index in [0.29, 0.717) is 6.54 Å². The highest BCUT2D eigenvalue weighted by molar-refractivity contribution is 5.82. The highest BCUT2D eigenvalue weighted by atomic mass is 16.5. The van der Waals surface area contributed by atoms with Gasteiger partial charge in [-0.3, -0.25) is 4.79 Å². The van der Waals surface area contributed by atoms with Gasteiger partial charge in [-0.15, -0.1) is 0 Å². The van der Waals surface area contributed by atoms with Crippen LogP contribution in [0.4, 0.5) is 5.69 Å². The van der Waals surface area contributed by atoms with Crippen molar-refractivity contribution in [3.05, 3.63) is 53.6 Å². The van der Waals surface area contributed by atoms with Gasteiger partial charge in [0.15, 0.2) is 0 Å². The van der Waals surface area contributed by atoms with E-state index in [-0.39, 0.29) is 18.0 Å². The molecule has 2 aromatic rings. The van der Waals surface area contributed by atoms with Gasteiger partial charge in [-0.05, 0) is 63.9 Å². The fourth-order valence-corrected chi connectivity index (χ4v) is 4.03. The molecule has 3 rings (SSSR count). The SMILES string of the molecule is COc1ccc(OC)c(C2CCCN2C(=O)CN(c2ccc(C)cc2)C(C)C)c1. The Morgan fingerprint density at radius 1 is 1.14 bits per heavy atom. The maximum absolute atomic E-state index is 13.4. The Morgan fingerprint density at radius 2 is 1.86 bits per heavy atom. The molecule has 0 saturated carbocycles. The van der Waals surface area contributed by atoms with Gasteiger partial charge in [0.05, 0.1) is 26.8 Å². The van der Waals surface area contributed by atoms with Crippen molar-refractivity contribution in [1.29, 1.82) is 0 Å². The molecule has 1 fully saturated rings. The minimum absolute atomic E-state index is 0.0135. The molecule has 156 valence electrons. The number of nitrogens with zero attached hydrogens (tertiary/aromatic N) is 2. The number of benzene rings is 2. The standard InChI is InChI=1S/C24H32N2O3/c1-17(2)26(19-10-8-18(3)9-11-19)16-24(27)25-14-6-7-22(25)21-15-20(28-4)12-13-23(21)29-5/h8-13,15,17,22H,6-7,14,16H2,1-5H3. The Labute approximate surface area is 174 Å². The Balaban J connectivity index is 1.83. The molecule has 0 spiro atoms. The van der Waals surface area contributed by atoms with Gasteiger partial charge in [-0.2, -0.15) is 0 Å². The van der Waals surface area contributed by atoms with Crippen molar-refractivity contribution in [3.63, 3.8) is 0 Å². The summed E-state index contributed by atoms with van der Waals surface area (Å²) in [6, 6.07) is 14.4. The average molecular weight is 397 g/mol. The molecule has 0 aromatic heterocycles. The zero-order chi connectivity index (χ0) is 21.0. The average Bonchev–Trinajstić information content (AvgIpc) is 3.21. The van der Waals surface area contributed by atoms with E-state index in [1.807, 2.05) is 23.1 Å². The molecule has 29 heavy (non-hydrogen) atoms. The Kier molecular flexibility index (Phi) is 6.68. The topological polar surface area (TPSA) is 42.0 Å². The Hall–Kier alpha value is -2.69. The lowest BCUT2D eigenvalue weighted by Crippen LogP contribution is -2.43. The molecule has 1 heterocycles. The number of amides is 1. The molecule has 1 aliphatic rings. The van der Waals surface area contributed by atoms with Gasteiger partial charge < -0.3 is 19.3 Å². The summed E-state index contributed by atoms with van der Waals surface area (Å²) in [5, 5.41) is 0. The number of carbonyl (C=O) groups is 1. The molecule has 0 radical (unpaired) electrons. The van der Waals surface area contributed by atoms with Crippen molar-refractivity contribution in [2.75, 3.05) is 32.2 Å². The molecule has 0 bridgehead atoms. The third-order valence-electron chi connectivity index (χ3n) is 5.66. The first kappa shape index (κ1) is 21.0. The lowest BCUT2D eigenvalue weighted by atomic mass is 10.0. The summed E-state index contributed by atoms with van der Waals surface area (Å²) in [6.45, 7) is 7.46. The summed E-state index contributed by atoms with van der Waals surface area (Å²) in [7, 11) is 3.33. The van der Waals surface area contributed by atoms with Crippen LogP contribution < -0.4 is 14.4 Å². The maximum Gasteiger partial charge on any atom is 0.242 e. The molecular weight excluding hydrogens is 364 g/mol. The molecule has 1 amide bonds. The normalized spacial score (nSPS) is 16.2. The van der Waals surface area contributed by atoms with E-state index in [9.17, 15) is 4.79 Å². The second kappa shape index (κ2) is 9.21. The highest BCUT2D eigenvalue weighted by Crippen LogP contribution is 2.39. The van der Waals surface area contributed by atoms with Crippen LogP contribution in [-0.4, -0.2) is 44.2 Å². The van der Waals surface area contributed by atoms with Crippen LogP contribution in [-0.2, 0) is 4.79 Å². The summed E-state index contributed by atoms with van der Waals surface area (Å²) in [4.78, 5) is 17.5. The molecular formula is C24H32N2O3. The molecule has 5 heteroatoms. The van der Waals surface area contributed by atoms with Gasteiger partial charge in [0.25, 0.3) is 0 Å². The summed E-state index contributed by atoms with van der Waals surface area (Å²) in [6.07, 6.45) is 1.92. The van der Waals surface area contributed by atoms with E-state index in [0.717, 1.165) is 42.1 Å². The second-order valence-corrected chi connectivity index (χ2v) is 7.91. The smallest absolute Gasteiger partial charge is 0.242 e. The number of rotatable bonds is 7. The van der Waals surface area contributed by atoms with Crippen LogP contribution in [0.25, 0.3) is 0 Å². The number of hydrogen-bond donors (Lipinski definition) is 0. The van der Waals surface area contributed by atoms with Crippen LogP contribution in [0.1, 0.15) is 43.9 Å². The van der Waals surface area contributed by atoms with E-state index in [4.69, 9.17) is 9.47 Å². The van der Waals surface area contributed by atoms with Crippen LogP contribution in [0.2, 0.25) is 0 Å². The molecule has 0 N–H and O–H groups in total. The number of methoxy groups -OCH3 is 2. The van der Waals surface area contributed by atoms with Crippen LogP contribution in [0, 0.1) is 6.92 Å². The van der Waals surface area contributed by atoms with E-state index in [2.05, 4.69) is 49.9 Å². The number of anilines is 1. The molecule has 1 unspecified atom stereocenters. The van der Waals surface area contributed by atoms with E-state index < -0.39 is 0 Å². The van der Waals surface area contributed by atoms with E-state index >= 15 is 0 Å². The van der Waals surface area contributed by atoms with Crippen LogP contribution in [0.15, 0.2) is 42.5 Å². The number of carbonyl (C=O) groups excluding carboxylic acids is 1. The van der Waals surface area contributed by atoms with Crippen LogP contribution in [0.3, 0.4) is 0 Å².